The summed E-state index contributed by atoms with van der Waals surface area (Å²) in [7, 11) is 1.61. The highest BCUT2D eigenvalue weighted by molar-refractivity contribution is 5.78. The Morgan fingerprint density at radius 3 is 2.58 bits per heavy atom. The maximum Gasteiger partial charge on any atom is 0.273 e. The van der Waals surface area contributed by atoms with Crippen LogP contribution in [0, 0.1) is 16.0 Å². The zero-order valence-corrected chi connectivity index (χ0v) is 14.4. The van der Waals surface area contributed by atoms with E-state index >= 15 is 0 Å². The Labute approximate surface area is 151 Å². The lowest BCUT2D eigenvalue weighted by Crippen LogP contribution is -2.33. The molecule has 0 aromatic heterocycles. The topological polar surface area (TPSA) is 90.7 Å². The summed E-state index contributed by atoms with van der Waals surface area (Å²) in [5.74, 6) is 1.22. The minimum Gasteiger partial charge on any atom is -0.497 e. The van der Waals surface area contributed by atoms with Crippen molar-refractivity contribution in [1.29, 1.82) is 0 Å². The predicted molar refractivity (Wildman–Crippen MR) is 95.2 cm³/mol. The number of non-ortho nitro benzene ring substituents is 1. The van der Waals surface area contributed by atoms with Crippen molar-refractivity contribution < 1.29 is 19.2 Å². The molecule has 1 aliphatic carbocycles. The summed E-state index contributed by atoms with van der Waals surface area (Å²) >= 11 is 0. The van der Waals surface area contributed by atoms with Crippen LogP contribution in [0.3, 0.4) is 0 Å². The molecule has 0 spiro atoms. The second-order valence-electron chi connectivity index (χ2n) is 6.20. The fourth-order valence-electron chi connectivity index (χ4n) is 2.77. The minimum atomic E-state index is -0.500. The number of rotatable bonds is 8. The van der Waals surface area contributed by atoms with Crippen LogP contribution in [0.2, 0.25) is 0 Å². The number of nitrogens with zero attached hydrogens (tertiary/aromatic N) is 1. The average Bonchev–Trinajstić information content (AvgIpc) is 3.50. The molecule has 0 radical (unpaired) electrons. The van der Waals surface area contributed by atoms with Crippen molar-refractivity contribution in [2.45, 2.75) is 18.9 Å². The average molecular weight is 356 g/mol. The van der Waals surface area contributed by atoms with Crippen LogP contribution >= 0.6 is 0 Å². The lowest BCUT2D eigenvalue weighted by atomic mass is 10.0. The number of ether oxygens (including phenoxy) is 2. The van der Waals surface area contributed by atoms with Crippen LogP contribution in [0.15, 0.2) is 48.5 Å². The van der Waals surface area contributed by atoms with Crippen molar-refractivity contribution in [1.82, 2.24) is 5.32 Å². The summed E-state index contributed by atoms with van der Waals surface area (Å²) in [6.45, 7) is -0.194. The zero-order valence-electron chi connectivity index (χ0n) is 14.4. The van der Waals surface area contributed by atoms with Gasteiger partial charge in [-0.15, -0.1) is 0 Å². The van der Waals surface area contributed by atoms with Crippen molar-refractivity contribution >= 4 is 11.6 Å². The number of carbonyl (C=O) groups excluding carboxylic acids is 1. The molecule has 1 amide bonds. The van der Waals surface area contributed by atoms with Gasteiger partial charge in [0, 0.05) is 6.07 Å². The summed E-state index contributed by atoms with van der Waals surface area (Å²) in [6, 6.07) is 13.4. The molecule has 1 unspecified atom stereocenters. The van der Waals surface area contributed by atoms with Crippen LogP contribution < -0.4 is 14.8 Å². The maximum atomic E-state index is 12.3. The maximum absolute atomic E-state index is 12.3. The van der Waals surface area contributed by atoms with Gasteiger partial charge in [-0.3, -0.25) is 14.9 Å². The first-order valence-electron chi connectivity index (χ1n) is 8.37. The molecule has 0 heterocycles. The number of nitro benzene ring substituents is 1. The number of hydrogen-bond donors (Lipinski definition) is 1. The molecule has 1 atom stereocenters. The predicted octanol–water partition coefficient (Wildman–Crippen LogP) is 3.25. The monoisotopic (exact) mass is 356 g/mol. The minimum absolute atomic E-state index is 0.0675. The van der Waals surface area contributed by atoms with Gasteiger partial charge < -0.3 is 14.8 Å². The van der Waals surface area contributed by atoms with Gasteiger partial charge >= 0.3 is 0 Å². The Balaban J connectivity index is 1.60. The molecule has 7 heteroatoms. The van der Waals surface area contributed by atoms with Gasteiger partial charge in [0.05, 0.1) is 24.1 Å². The van der Waals surface area contributed by atoms with Crippen molar-refractivity contribution in [3.05, 3.63) is 64.2 Å². The van der Waals surface area contributed by atoms with Gasteiger partial charge in [-0.2, -0.15) is 0 Å². The Morgan fingerprint density at radius 1 is 1.23 bits per heavy atom. The van der Waals surface area contributed by atoms with Crippen LogP contribution in [-0.2, 0) is 4.79 Å². The number of nitro groups is 1. The molecule has 26 heavy (non-hydrogen) atoms. The summed E-state index contributed by atoms with van der Waals surface area (Å²) in [5.41, 5.74) is 0.953. The highest BCUT2D eigenvalue weighted by atomic mass is 16.6. The molecular weight excluding hydrogens is 336 g/mol. The molecule has 1 saturated carbocycles. The zero-order chi connectivity index (χ0) is 18.5. The third kappa shape index (κ3) is 4.50. The molecule has 2 aromatic rings. The molecule has 1 fully saturated rings. The lowest BCUT2D eigenvalue weighted by Gasteiger charge is -2.19. The fourth-order valence-corrected chi connectivity index (χ4v) is 2.77. The van der Waals surface area contributed by atoms with Crippen molar-refractivity contribution in [2.75, 3.05) is 13.7 Å². The number of methoxy groups -OCH3 is 1. The van der Waals surface area contributed by atoms with Gasteiger partial charge in [0.15, 0.2) is 6.61 Å². The molecular formula is C19H20N2O5. The van der Waals surface area contributed by atoms with Crippen LogP contribution in [-0.4, -0.2) is 24.5 Å². The summed E-state index contributed by atoms with van der Waals surface area (Å²) in [6.07, 6.45) is 2.14. The third-order valence-corrected chi connectivity index (χ3v) is 4.28. The van der Waals surface area contributed by atoms with Crippen molar-refractivity contribution in [3.63, 3.8) is 0 Å². The number of hydrogen-bond acceptors (Lipinski definition) is 5. The number of nitrogens with one attached hydrogen (secondary N) is 1. The van der Waals surface area contributed by atoms with Gasteiger partial charge in [-0.25, -0.2) is 0 Å². The van der Waals surface area contributed by atoms with E-state index in [1.807, 2.05) is 24.3 Å². The first-order chi connectivity index (χ1) is 12.6. The lowest BCUT2D eigenvalue weighted by molar-refractivity contribution is -0.384. The van der Waals surface area contributed by atoms with E-state index in [1.165, 1.54) is 18.2 Å². The number of benzene rings is 2. The third-order valence-electron chi connectivity index (χ3n) is 4.28. The standard InChI is InChI=1S/C19H20N2O5/c1-25-16-9-7-14(8-10-16)19(13-5-6-13)20-18(22)12-26-17-4-2-3-15(11-17)21(23)24/h2-4,7-11,13,19H,5-6,12H2,1H3,(H,20,22). The second kappa shape index (κ2) is 7.86. The van der Waals surface area contributed by atoms with Crippen LogP contribution in [0.25, 0.3) is 0 Å². The Kier molecular flexibility index (Phi) is 5.36. The largest absolute Gasteiger partial charge is 0.497 e. The molecule has 136 valence electrons. The number of amides is 1. The fraction of sp³-hybridized carbons (Fsp3) is 0.316. The highest BCUT2D eigenvalue weighted by Gasteiger charge is 2.33. The Hall–Kier alpha value is -3.09. The van der Waals surface area contributed by atoms with E-state index in [4.69, 9.17) is 9.47 Å². The van der Waals surface area contributed by atoms with Crippen molar-refractivity contribution in [2.24, 2.45) is 5.92 Å². The number of carbonyl (C=O) groups is 1. The molecule has 2 aromatic carbocycles. The van der Waals surface area contributed by atoms with E-state index in [0.717, 1.165) is 24.2 Å². The second-order valence-corrected chi connectivity index (χ2v) is 6.20. The van der Waals surface area contributed by atoms with E-state index in [1.54, 1.807) is 13.2 Å². The van der Waals surface area contributed by atoms with Gasteiger partial charge in [-0.1, -0.05) is 18.2 Å². The Morgan fingerprint density at radius 2 is 1.96 bits per heavy atom. The molecule has 0 aliphatic heterocycles. The quantitative estimate of drug-likeness (QED) is 0.579. The van der Waals surface area contributed by atoms with E-state index < -0.39 is 4.92 Å². The first kappa shape index (κ1) is 17.7. The molecule has 7 nitrogen and oxygen atoms in total. The van der Waals surface area contributed by atoms with Crippen LogP contribution in [0.1, 0.15) is 24.4 Å². The van der Waals surface area contributed by atoms with Gasteiger partial charge in [0.1, 0.15) is 11.5 Å². The molecule has 1 N–H and O–H groups in total. The molecule has 1 aliphatic rings. The highest BCUT2D eigenvalue weighted by Crippen LogP contribution is 2.41. The molecule has 0 bridgehead atoms. The first-order valence-corrected chi connectivity index (χ1v) is 8.37. The van der Waals surface area contributed by atoms with E-state index in [-0.39, 0.29) is 24.2 Å². The molecule has 0 saturated heterocycles. The van der Waals surface area contributed by atoms with E-state index in [9.17, 15) is 14.9 Å². The van der Waals surface area contributed by atoms with Gasteiger partial charge in [0.2, 0.25) is 0 Å². The van der Waals surface area contributed by atoms with Gasteiger partial charge in [0.25, 0.3) is 11.6 Å². The van der Waals surface area contributed by atoms with Crippen LogP contribution in [0.5, 0.6) is 11.5 Å². The SMILES string of the molecule is COc1ccc(C(NC(=O)COc2cccc([N+](=O)[O-])c2)C2CC2)cc1. The normalized spacial score (nSPS) is 14.3. The van der Waals surface area contributed by atoms with E-state index in [2.05, 4.69) is 5.32 Å². The van der Waals surface area contributed by atoms with Crippen LogP contribution in [0.4, 0.5) is 5.69 Å². The summed E-state index contributed by atoms with van der Waals surface area (Å²) in [5, 5.41) is 13.8. The summed E-state index contributed by atoms with van der Waals surface area (Å²) < 4.78 is 10.6. The molecule has 3 rings (SSSR count). The van der Waals surface area contributed by atoms with E-state index in [0.29, 0.717) is 11.7 Å². The Bertz CT molecular complexity index is 787. The smallest absolute Gasteiger partial charge is 0.273 e. The van der Waals surface area contributed by atoms with Crippen molar-refractivity contribution in [3.8, 4) is 11.5 Å². The summed E-state index contributed by atoms with van der Waals surface area (Å²) in [4.78, 5) is 22.6. The van der Waals surface area contributed by atoms with Gasteiger partial charge in [-0.05, 0) is 42.5 Å².